The molecule has 0 aromatic heterocycles. The van der Waals surface area contributed by atoms with Crippen molar-refractivity contribution in [2.75, 3.05) is 0 Å². The van der Waals surface area contributed by atoms with Crippen LogP contribution in [0.25, 0.3) is 0 Å². The van der Waals surface area contributed by atoms with Gasteiger partial charge in [-0.05, 0) is 31.1 Å². The van der Waals surface area contributed by atoms with Gasteiger partial charge in [-0.15, -0.1) is 0 Å². The number of nitro benzene ring substituents is 1. The van der Waals surface area contributed by atoms with Gasteiger partial charge >= 0.3 is 0 Å². The summed E-state index contributed by atoms with van der Waals surface area (Å²) in [5.41, 5.74) is -0.166. The number of nitrogens with one attached hydrogen (secondary N) is 1. The molecule has 5 nitrogen and oxygen atoms in total. The second-order valence-corrected chi connectivity index (χ2v) is 6.59. The van der Waals surface area contributed by atoms with Gasteiger partial charge in [-0.25, -0.2) is 0 Å². The maximum atomic E-state index is 12.3. The maximum Gasteiger partial charge on any atom is 0.271 e. The summed E-state index contributed by atoms with van der Waals surface area (Å²) in [5.74, 6) is 0.833. The van der Waals surface area contributed by atoms with Crippen LogP contribution < -0.4 is 5.32 Å². The zero-order valence-electron chi connectivity index (χ0n) is 11.1. The van der Waals surface area contributed by atoms with Gasteiger partial charge in [0.2, 0.25) is 0 Å². The van der Waals surface area contributed by atoms with E-state index in [9.17, 15) is 14.9 Å². The highest BCUT2D eigenvalue weighted by Gasteiger charge is 2.40. The van der Waals surface area contributed by atoms with Crippen molar-refractivity contribution in [3.05, 3.63) is 37.9 Å². The van der Waals surface area contributed by atoms with Crippen LogP contribution in [0.3, 0.4) is 0 Å². The zero-order chi connectivity index (χ0) is 15.1. The number of rotatable bonds is 3. The zero-order valence-corrected chi connectivity index (χ0v) is 12.7. The van der Waals surface area contributed by atoms with Crippen molar-refractivity contribution >= 4 is 34.8 Å². The largest absolute Gasteiger partial charge is 0.349 e. The smallest absolute Gasteiger partial charge is 0.271 e. The quantitative estimate of drug-likeness (QED) is 0.677. The molecule has 2 bridgehead atoms. The molecular weight excluding hydrogens is 315 g/mol. The molecule has 2 aliphatic carbocycles. The lowest BCUT2D eigenvalue weighted by Crippen LogP contribution is -2.38. The van der Waals surface area contributed by atoms with Gasteiger partial charge in [-0.3, -0.25) is 14.9 Å². The van der Waals surface area contributed by atoms with E-state index in [1.54, 1.807) is 0 Å². The summed E-state index contributed by atoms with van der Waals surface area (Å²) in [7, 11) is 0. The number of nitro groups is 1. The van der Waals surface area contributed by atoms with E-state index in [1.165, 1.54) is 12.5 Å². The standard InChI is InChI=1S/C14H14Cl2N2O3/c15-11-6-9(18(20)21)5-10(13(11)16)14(19)17-12-4-7-1-2-8(12)3-7/h5-8,12H,1-4H2,(H,17,19). The highest BCUT2D eigenvalue weighted by molar-refractivity contribution is 6.44. The number of halogens is 2. The fraction of sp³-hybridized carbons (Fsp3) is 0.500. The molecule has 3 atom stereocenters. The monoisotopic (exact) mass is 328 g/mol. The summed E-state index contributed by atoms with van der Waals surface area (Å²) in [6.07, 6.45) is 4.52. The summed E-state index contributed by atoms with van der Waals surface area (Å²) in [6, 6.07) is 2.47. The molecule has 2 saturated carbocycles. The third-order valence-corrected chi connectivity index (χ3v) is 5.33. The number of non-ortho nitro benzene ring substituents is 1. The van der Waals surface area contributed by atoms with Crippen molar-refractivity contribution in [1.82, 2.24) is 5.32 Å². The minimum absolute atomic E-state index is 0.0176. The second-order valence-electron chi connectivity index (χ2n) is 5.80. The van der Waals surface area contributed by atoms with Crippen molar-refractivity contribution in [2.45, 2.75) is 31.7 Å². The Morgan fingerprint density at radius 2 is 2.05 bits per heavy atom. The van der Waals surface area contributed by atoms with Crippen molar-refractivity contribution in [2.24, 2.45) is 11.8 Å². The van der Waals surface area contributed by atoms with E-state index in [-0.39, 0.29) is 33.2 Å². The third-order valence-electron chi connectivity index (χ3n) is 4.52. The molecule has 7 heteroatoms. The molecule has 1 amide bonds. The molecule has 0 spiro atoms. The van der Waals surface area contributed by atoms with E-state index in [2.05, 4.69) is 5.32 Å². The molecule has 21 heavy (non-hydrogen) atoms. The molecule has 2 fully saturated rings. The number of carbonyl (C=O) groups excluding carboxylic acids is 1. The summed E-state index contributed by atoms with van der Waals surface area (Å²) < 4.78 is 0. The average Bonchev–Trinajstić information content (AvgIpc) is 3.03. The van der Waals surface area contributed by atoms with E-state index < -0.39 is 4.92 Å². The molecular formula is C14H14Cl2N2O3. The van der Waals surface area contributed by atoms with Crippen LogP contribution in [0.2, 0.25) is 10.0 Å². The van der Waals surface area contributed by atoms with Crippen LogP contribution >= 0.6 is 23.2 Å². The van der Waals surface area contributed by atoms with Crippen molar-refractivity contribution in [1.29, 1.82) is 0 Å². The summed E-state index contributed by atoms with van der Waals surface area (Å²) in [5, 5.41) is 13.9. The van der Waals surface area contributed by atoms with Gasteiger partial charge in [0.1, 0.15) is 0 Å². The SMILES string of the molecule is O=C(NC1CC2CCC1C2)c1cc([N+](=O)[O-])cc(Cl)c1Cl. The van der Waals surface area contributed by atoms with Crippen LogP contribution in [0, 0.1) is 22.0 Å². The van der Waals surface area contributed by atoms with Crippen molar-refractivity contribution in [3.63, 3.8) is 0 Å². The number of amides is 1. The molecule has 3 rings (SSSR count). The Hall–Kier alpha value is -1.33. The maximum absolute atomic E-state index is 12.3. The number of carbonyl (C=O) groups is 1. The van der Waals surface area contributed by atoms with Gasteiger partial charge in [-0.1, -0.05) is 29.6 Å². The number of hydrogen-bond donors (Lipinski definition) is 1. The Bertz CT molecular complexity index is 620. The normalized spacial score (nSPS) is 26.9. The topological polar surface area (TPSA) is 72.2 Å². The first-order chi connectivity index (χ1) is 9.95. The highest BCUT2D eigenvalue weighted by Crippen LogP contribution is 2.44. The highest BCUT2D eigenvalue weighted by atomic mass is 35.5. The molecule has 0 heterocycles. The van der Waals surface area contributed by atoms with Gasteiger partial charge in [0.25, 0.3) is 11.6 Å². The van der Waals surface area contributed by atoms with Crippen molar-refractivity contribution < 1.29 is 9.72 Å². The summed E-state index contributed by atoms with van der Waals surface area (Å²) in [4.78, 5) is 22.6. The molecule has 0 aliphatic heterocycles. The third kappa shape index (κ3) is 2.72. The first-order valence-corrected chi connectivity index (χ1v) is 7.65. The van der Waals surface area contributed by atoms with E-state index in [0.717, 1.165) is 25.3 Å². The molecule has 1 aromatic carbocycles. The van der Waals surface area contributed by atoms with Crippen molar-refractivity contribution in [3.8, 4) is 0 Å². The first-order valence-electron chi connectivity index (χ1n) is 6.90. The van der Waals surface area contributed by atoms with Crippen LogP contribution in [0.5, 0.6) is 0 Å². The van der Waals surface area contributed by atoms with E-state index in [4.69, 9.17) is 23.2 Å². The minimum atomic E-state index is -0.587. The molecule has 1 aromatic rings. The Kier molecular flexibility index (Phi) is 3.80. The Balaban J connectivity index is 1.82. The van der Waals surface area contributed by atoms with Gasteiger partial charge in [0, 0.05) is 18.2 Å². The number of benzene rings is 1. The average molecular weight is 329 g/mol. The fourth-order valence-electron chi connectivity index (χ4n) is 3.51. The van der Waals surface area contributed by atoms with Crippen LogP contribution in [-0.4, -0.2) is 16.9 Å². The Morgan fingerprint density at radius 1 is 1.29 bits per heavy atom. The van der Waals surface area contributed by atoms with Crippen LogP contribution in [-0.2, 0) is 0 Å². The first kappa shape index (κ1) is 14.6. The molecule has 2 aliphatic rings. The number of nitrogens with zero attached hydrogens (tertiary/aromatic N) is 1. The lowest BCUT2D eigenvalue weighted by Gasteiger charge is -2.23. The minimum Gasteiger partial charge on any atom is -0.349 e. The van der Waals surface area contributed by atoms with Crippen LogP contribution in [0.15, 0.2) is 12.1 Å². The van der Waals surface area contributed by atoms with E-state index in [1.807, 2.05) is 0 Å². The van der Waals surface area contributed by atoms with E-state index in [0.29, 0.717) is 11.8 Å². The lowest BCUT2D eigenvalue weighted by molar-refractivity contribution is -0.384. The van der Waals surface area contributed by atoms with Gasteiger partial charge in [0.15, 0.2) is 0 Å². The summed E-state index contributed by atoms with van der Waals surface area (Å²) in [6.45, 7) is 0. The second kappa shape index (κ2) is 5.46. The summed E-state index contributed by atoms with van der Waals surface area (Å²) >= 11 is 11.9. The molecule has 112 valence electrons. The Morgan fingerprint density at radius 3 is 2.62 bits per heavy atom. The molecule has 0 saturated heterocycles. The van der Waals surface area contributed by atoms with Crippen LogP contribution in [0.1, 0.15) is 36.0 Å². The predicted molar refractivity (Wildman–Crippen MR) is 79.8 cm³/mol. The van der Waals surface area contributed by atoms with E-state index >= 15 is 0 Å². The molecule has 3 unspecified atom stereocenters. The number of hydrogen-bond acceptors (Lipinski definition) is 3. The predicted octanol–water partition coefficient (Wildman–Crippen LogP) is 3.82. The van der Waals surface area contributed by atoms with Gasteiger partial charge < -0.3 is 5.32 Å². The lowest BCUT2D eigenvalue weighted by atomic mass is 9.95. The fourth-order valence-corrected chi connectivity index (χ4v) is 3.92. The van der Waals surface area contributed by atoms with Gasteiger partial charge in [-0.2, -0.15) is 0 Å². The number of fused-ring (bicyclic) bond motifs is 2. The molecule has 1 N–H and O–H groups in total. The van der Waals surface area contributed by atoms with Gasteiger partial charge in [0.05, 0.1) is 20.5 Å². The van der Waals surface area contributed by atoms with Crippen LogP contribution in [0.4, 0.5) is 5.69 Å². The Labute approximate surface area is 131 Å². The molecule has 0 radical (unpaired) electrons.